The van der Waals surface area contributed by atoms with E-state index in [0.717, 1.165) is 11.3 Å². The number of aliphatic carboxylic acids is 1. The first-order valence-corrected chi connectivity index (χ1v) is 9.52. The molecule has 132 valence electrons. The molecule has 7 heteroatoms. The van der Waals surface area contributed by atoms with Crippen LogP contribution in [0.4, 0.5) is 5.69 Å². The van der Waals surface area contributed by atoms with E-state index in [9.17, 15) is 13.2 Å². The van der Waals surface area contributed by atoms with Crippen LogP contribution in [0.2, 0.25) is 0 Å². The second-order valence-corrected chi connectivity index (χ2v) is 7.88. The lowest BCUT2D eigenvalue weighted by atomic mass is 10.1. The molecule has 2 aromatic carbocycles. The van der Waals surface area contributed by atoms with E-state index in [-0.39, 0.29) is 6.42 Å². The number of sulfonamides is 1. The van der Waals surface area contributed by atoms with Gasteiger partial charge in [0.15, 0.2) is 0 Å². The molecule has 25 heavy (non-hydrogen) atoms. The highest BCUT2D eigenvalue weighted by atomic mass is 32.2. The summed E-state index contributed by atoms with van der Waals surface area (Å²) in [6.07, 6.45) is 0.00335. The van der Waals surface area contributed by atoms with E-state index in [1.807, 2.05) is 12.1 Å². The monoisotopic (exact) mass is 360 g/mol. The van der Waals surface area contributed by atoms with Gasteiger partial charge in [-0.2, -0.15) is 4.31 Å². The summed E-state index contributed by atoms with van der Waals surface area (Å²) in [5, 5.41) is 8.81. The Hall–Kier alpha value is -2.38. The maximum atomic E-state index is 12.6. The molecule has 1 N–H and O–H groups in total. The summed E-state index contributed by atoms with van der Waals surface area (Å²) < 4.78 is 26.8. The first-order valence-electron chi connectivity index (χ1n) is 8.08. The normalized spacial score (nSPS) is 15.9. The van der Waals surface area contributed by atoms with E-state index in [2.05, 4.69) is 4.90 Å². The number of carboxylic acid groups (broad SMARTS) is 1. The average Bonchev–Trinajstić information content (AvgIpc) is 2.63. The van der Waals surface area contributed by atoms with Crippen LogP contribution in [0.15, 0.2) is 59.5 Å². The molecule has 0 aromatic heterocycles. The largest absolute Gasteiger partial charge is 0.481 e. The Labute approximate surface area is 147 Å². The van der Waals surface area contributed by atoms with Gasteiger partial charge in [-0.3, -0.25) is 4.79 Å². The molecule has 0 atom stereocenters. The van der Waals surface area contributed by atoms with Crippen molar-refractivity contribution in [1.82, 2.24) is 4.31 Å². The average molecular weight is 360 g/mol. The molecule has 1 aliphatic heterocycles. The fourth-order valence-electron chi connectivity index (χ4n) is 2.93. The van der Waals surface area contributed by atoms with Crippen LogP contribution < -0.4 is 4.90 Å². The van der Waals surface area contributed by atoms with Gasteiger partial charge in [0, 0.05) is 31.9 Å². The van der Waals surface area contributed by atoms with Crippen LogP contribution >= 0.6 is 0 Å². The second kappa shape index (κ2) is 7.25. The summed E-state index contributed by atoms with van der Waals surface area (Å²) in [6, 6.07) is 15.9. The van der Waals surface area contributed by atoms with Gasteiger partial charge in [0.25, 0.3) is 0 Å². The Morgan fingerprint density at radius 3 is 2.08 bits per heavy atom. The van der Waals surface area contributed by atoms with Crippen LogP contribution in [-0.4, -0.2) is 50.0 Å². The quantitative estimate of drug-likeness (QED) is 0.880. The number of piperazine rings is 1. The van der Waals surface area contributed by atoms with Gasteiger partial charge in [-0.05, 0) is 29.8 Å². The molecule has 0 saturated carbocycles. The van der Waals surface area contributed by atoms with E-state index in [1.54, 1.807) is 42.5 Å². The Balaban J connectivity index is 1.65. The highest BCUT2D eigenvalue weighted by Crippen LogP contribution is 2.21. The summed E-state index contributed by atoms with van der Waals surface area (Å²) in [7, 11) is -3.45. The van der Waals surface area contributed by atoms with Crippen LogP contribution in [0.1, 0.15) is 5.56 Å². The molecule has 2 aromatic rings. The molecule has 6 nitrogen and oxygen atoms in total. The van der Waals surface area contributed by atoms with E-state index < -0.39 is 16.0 Å². The Morgan fingerprint density at radius 2 is 1.52 bits per heavy atom. The first-order chi connectivity index (χ1) is 12.0. The minimum absolute atomic E-state index is 0.00335. The first kappa shape index (κ1) is 17.4. The molecule has 0 spiro atoms. The standard InChI is InChI=1S/C18H20N2O4S/c21-18(22)14-15-6-8-16(9-7-15)19-10-12-20(13-11-19)25(23,24)17-4-2-1-3-5-17/h1-9H,10-14H2,(H,21,22). The lowest BCUT2D eigenvalue weighted by Gasteiger charge is -2.35. The third-order valence-corrected chi connectivity index (χ3v) is 6.19. The number of carbonyl (C=O) groups is 1. The lowest BCUT2D eigenvalue weighted by Crippen LogP contribution is -2.48. The van der Waals surface area contributed by atoms with Crippen LogP contribution in [0.25, 0.3) is 0 Å². The molecule has 0 unspecified atom stereocenters. The fraction of sp³-hybridized carbons (Fsp3) is 0.278. The van der Waals surface area contributed by atoms with Gasteiger partial charge in [-0.1, -0.05) is 30.3 Å². The fourth-order valence-corrected chi connectivity index (χ4v) is 4.37. The molecule has 0 radical (unpaired) electrons. The highest BCUT2D eigenvalue weighted by Gasteiger charge is 2.28. The van der Waals surface area contributed by atoms with E-state index >= 15 is 0 Å². The zero-order valence-electron chi connectivity index (χ0n) is 13.7. The van der Waals surface area contributed by atoms with Crippen LogP contribution in [0.5, 0.6) is 0 Å². The molecule has 1 fully saturated rings. The highest BCUT2D eigenvalue weighted by molar-refractivity contribution is 7.89. The van der Waals surface area contributed by atoms with Gasteiger partial charge < -0.3 is 10.0 Å². The second-order valence-electron chi connectivity index (χ2n) is 5.94. The van der Waals surface area contributed by atoms with Crippen molar-refractivity contribution in [2.75, 3.05) is 31.1 Å². The van der Waals surface area contributed by atoms with Gasteiger partial charge in [0.2, 0.25) is 10.0 Å². The molecular formula is C18H20N2O4S. The van der Waals surface area contributed by atoms with Gasteiger partial charge >= 0.3 is 5.97 Å². The summed E-state index contributed by atoms with van der Waals surface area (Å²) in [4.78, 5) is 13.2. The van der Waals surface area contributed by atoms with Crippen molar-refractivity contribution in [3.63, 3.8) is 0 Å². The van der Waals surface area contributed by atoms with Gasteiger partial charge in [0.1, 0.15) is 0 Å². The molecular weight excluding hydrogens is 340 g/mol. The number of hydrogen-bond acceptors (Lipinski definition) is 4. The molecule has 0 bridgehead atoms. The molecule has 3 rings (SSSR count). The smallest absolute Gasteiger partial charge is 0.307 e. The SMILES string of the molecule is O=C(O)Cc1ccc(N2CCN(S(=O)(=O)c3ccccc3)CC2)cc1. The van der Waals surface area contributed by atoms with Crippen LogP contribution in [0.3, 0.4) is 0 Å². The number of nitrogens with zero attached hydrogens (tertiary/aromatic N) is 2. The molecule has 0 amide bonds. The van der Waals surface area contributed by atoms with E-state index in [4.69, 9.17) is 5.11 Å². The Bertz CT molecular complexity index is 827. The zero-order valence-corrected chi connectivity index (χ0v) is 14.5. The molecule has 0 aliphatic carbocycles. The number of hydrogen-bond donors (Lipinski definition) is 1. The third kappa shape index (κ3) is 4.00. The number of benzene rings is 2. The van der Waals surface area contributed by atoms with Crippen molar-refractivity contribution in [3.05, 3.63) is 60.2 Å². The maximum absolute atomic E-state index is 12.6. The Kier molecular flexibility index (Phi) is 5.06. The van der Waals surface area contributed by atoms with Gasteiger partial charge in [-0.15, -0.1) is 0 Å². The van der Waals surface area contributed by atoms with Crippen LogP contribution in [-0.2, 0) is 21.2 Å². The minimum Gasteiger partial charge on any atom is -0.481 e. The summed E-state index contributed by atoms with van der Waals surface area (Å²) in [6.45, 7) is 2.05. The zero-order chi connectivity index (χ0) is 17.9. The predicted octanol–water partition coefficient (Wildman–Crippen LogP) is 1.82. The van der Waals surface area contributed by atoms with Gasteiger partial charge in [-0.25, -0.2) is 8.42 Å². The number of anilines is 1. The van der Waals surface area contributed by atoms with E-state index in [0.29, 0.717) is 31.1 Å². The minimum atomic E-state index is -3.45. The van der Waals surface area contributed by atoms with E-state index in [1.165, 1.54) is 4.31 Å². The summed E-state index contributed by atoms with van der Waals surface area (Å²) in [5.41, 5.74) is 1.73. The van der Waals surface area contributed by atoms with Gasteiger partial charge in [0.05, 0.1) is 11.3 Å². The number of carboxylic acids is 1. The summed E-state index contributed by atoms with van der Waals surface area (Å²) in [5.74, 6) is -0.854. The van der Waals surface area contributed by atoms with Crippen molar-refractivity contribution in [3.8, 4) is 0 Å². The third-order valence-electron chi connectivity index (χ3n) is 4.28. The lowest BCUT2D eigenvalue weighted by molar-refractivity contribution is -0.136. The predicted molar refractivity (Wildman–Crippen MR) is 95.2 cm³/mol. The van der Waals surface area contributed by atoms with Crippen molar-refractivity contribution in [2.24, 2.45) is 0 Å². The molecule has 1 aliphatic rings. The van der Waals surface area contributed by atoms with Crippen molar-refractivity contribution in [2.45, 2.75) is 11.3 Å². The maximum Gasteiger partial charge on any atom is 0.307 e. The molecule has 1 heterocycles. The van der Waals surface area contributed by atoms with Crippen LogP contribution in [0, 0.1) is 0 Å². The topological polar surface area (TPSA) is 77.9 Å². The molecule has 1 saturated heterocycles. The van der Waals surface area contributed by atoms with Crippen molar-refractivity contribution >= 4 is 21.7 Å². The Morgan fingerprint density at radius 1 is 0.920 bits per heavy atom. The summed E-state index contributed by atoms with van der Waals surface area (Å²) >= 11 is 0. The number of rotatable bonds is 5. The van der Waals surface area contributed by atoms with Crippen molar-refractivity contribution < 1.29 is 18.3 Å². The van der Waals surface area contributed by atoms with Crippen molar-refractivity contribution in [1.29, 1.82) is 0 Å².